The molecule has 122 valence electrons. The zero-order valence-electron chi connectivity index (χ0n) is 13.9. The fourth-order valence-corrected chi connectivity index (χ4v) is 3.17. The summed E-state index contributed by atoms with van der Waals surface area (Å²) in [4.78, 5) is 21.0. The lowest BCUT2D eigenvalue weighted by Crippen LogP contribution is -2.50. The van der Waals surface area contributed by atoms with Crippen molar-refractivity contribution in [1.29, 1.82) is 0 Å². The highest BCUT2D eigenvalue weighted by atomic mass is 16.2. The van der Waals surface area contributed by atoms with Gasteiger partial charge < -0.3 is 14.4 Å². The lowest BCUT2D eigenvalue weighted by molar-refractivity contribution is 0.0526. The monoisotopic (exact) mass is 320 g/mol. The number of hydrogen-bond donors (Lipinski definition) is 0. The molecule has 0 bridgehead atoms. The van der Waals surface area contributed by atoms with Crippen molar-refractivity contribution in [2.45, 2.75) is 6.04 Å². The maximum absolute atomic E-state index is 12.7. The predicted octanol–water partition coefficient (Wildman–Crippen LogP) is 2.80. The molecule has 1 amide bonds. The Morgan fingerprint density at radius 2 is 1.92 bits per heavy atom. The summed E-state index contributed by atoms with van der Waals surface area (Å²) in [6, 6.07) is 16.2. The van der Waals surface area contributed by atoms with E-state index in [2.05, 4.69) is 15.6 Å². The first-order chi connectivity index (χ1) is 11.6. The maximum atomic E-state index is 12.7. The van der Waals surface area contributed by atoms with E-state index in [1.165, 1.54) is 0 Å². The van der Waals surface area contributed by atoms with Crippen LogP contribution in [-0.4, -0.2) is 47.5 Å². The third kappa shape index (κ3) is 2.42. The van der Waals surface area contributed by atoms with Crippen LogP contribution in [0.1, 0.15) is 16.4 Å². The van der Waals surface area contributed by atoms with Gasteiger partial charge in [-0.1, -0.05) is 18.2 Å². The van der Waals surface area contributed by atoms with E-state index >= 15 is 0 Å². The van der Waals surface area contributed by atoms with E-state index in [0.29, 0.717) is 6.04 Å². The summed E-state index contributed by atoms with van der Waals surface area (Å²) in [6.07, 6.45) is 1.88. The molecule has 5 nitrogen and oxygen atoms in total. The quantitative estimate of drug-likeness (QED) is 0.745. The molecule has 1 saturated heterocycles. The number of fused-ring (bicyclic) bond motifs is 1. The van der Waals surface area contributed by atoms with Crippen molar-refractivity contribution >= 4 is 22.6 Å². The molecule has 0 saturated carbocycles. The fourth-order valence-electron chi connectivity index (χ4n) is 3.17. The molecule has 2 heterocycles. The number of carbonyl (C=O) groups excluding carboxylic acids is 1. The Kier molecular flexibility index (Phi) is 3.49. The van der Waals surface area contributed by atoms with Crippen LogP contribution in [0, 0.1) is 0 Å². The lowest BCUT2D eigenvalue weighted by atomic mass is 10.1. The van der Waals surface area contributed by atoms with Gasteiger partial charge in [0.15, 0.2) is 0 Å². The molecule has 0 radical (unpaired) electrons. The molecule has 24 heavy (non-hydrogen) atoms. The molecule has 5 heteroatoms. The van der Waals surface area contributed by atoms with Gasteiger partial charge in [-0.3, -0.25) is 4.79 Å². The van der Waals surface area contributed by atoms with Crippen molar-refractivity contribution in [3.63, 3.8) is 0 Å². The SMILES string of the molecule is CN(C)c1cccc(C(=O)N2CC(n3cnc4ccccc43)C2)c1. The van der Waals surface area contributed by atoms with Crippen LogP contribution in [0.25, 0.3) is 11.0 Å². The number of imidazole rings is 1. The first-order valence-electron chi connectivity index (χ1n) is 8.12. The maximum Gasteiger partial charge on any atom is 0.254 e. The standard InChI is InChI=1S/C19H20N4O/c1-21(2)15-7-5-6-14(10-15)19(24)22-11-16(12-22)23-13-20-17-8-3-4-9-18(17)23/h3-10,13,16H,11-12H2,1-2H3. The molecular formula is C19H20N4O. The number of nitrogens with zero attached hydrogens (tertiary/aromatic N) is 4. The third-order valence-electron chi connectivity index (χ3n) is 4.63. The van der Waals surface area contributed by atoms with E-state index in [4.69, 9.17) is 0 Å². The molecule has 0 unspecified atom stereocenters. The van der Waals surface area contributed by atoms with E-state index < -0.39 is 0 Å². The number of likely N-dealkylation sites (tertiary alicyclic amines) is 1. The molecule has 0 N–H and O–H groups in total. The highest BCUT2D eigenvalue weighted by Crippen LogP contribution is 2.27. The second-order valence-electron chi connectivity index (χ2n) is 6.45. The Hall–Kier alpha value is -2.82. The largest absolute Gasteiger partial charge is 0.378 e. The van der Waals surface area contributed by atoms with Gasteiger partial charge in [0, 0.05) is 38.4 Å². The summed E-state index contributed by atoms with van der Waals surface area (Å²) in [5.41, 5.74) is 3.92. The van der Waals surface area contributed by atoms with Crippen molar-refractivity contribution in [2.75, 3.05) is 32.1 Å². The number of rotatable bonds is 3. The van der Waals surface area contributed by atoms with E-state index in [-0.39, 0.29) is 5.91 Å². The summed E-state index contributed by atoms with van der Waals surface area (Å²) in [7, 11) is 3.96. The molecule has 2 aromatic carbocycles. The van der Waals surface area contributed by atoms with Crippen molar-refractivity contribution < 1.29 is 4.79 Å². The number of carbonyl (C=O) groups is 1. The number of para-hydroxylation sites is 2. The molecule has 1 aliphatic heterocycles. The first kappa shape index (κ1) is 14.8. The molecule has 1 fully saturated rings. The van der Waals surface area contributed by atoms with Gasteiger partial charge in [0.2, 0.25) is 0 Å². The molecule has 4 rings (SSSR count). The van der Waals surface area contributed by atoms with Gasteiger partial charge in [-0.2, -0.15) is 0 Å². The first-order valence-corrected chi connectivity index (χ1v) is 8.12. The Morgan fingerprint density at radius 1 is 1.12 bits per heavy atom. The highest BCUT2D eigenvalue weighted by Gasteiger charge is 2.33. The summed E-state index contributed by atoms with van der Waals surface area (Å²) in [6.45, 7) is 1.46. The van der Waals surface area contributed by atoms with Crippen molar-refractivity contribution in [3.8, 4) is 0 Å². The van der Waals surface area contributed by atoms with Crippen molar-refractivity contribution in [1.82, 2.24) is 14.5 Å². The van der Waals surface area contributed by atoms with Gasteiger partial charge in [-0.25, -0.2) is 4.98 Å². The Morgan fingerprint density at radius 3 is 2.71 bits per heavy atom. The number of amides is 1. The van der Waals surface area contributed by atoms with Crippen LogP contribution >= 0.6 is 0 Å². The minimum Gasteiger partial charge on any atom is -0.378 e. The fraction of sp³-hybridized carbons (Fsp3) is 0.263. The van der Waals surface area contributed by atoms with Crippen molar-refractivity contribution in [3.05, 3.63) is 60.4 Å². The van der Waals surface area contributed by atoms with Crippen molar-refractivity contribution in [2.24, 2.45) is 0 Å². The van der Waals surface area contributed by atoms with Gasteiger partial charge in [0.1, 0.15) is 0 Å². The average molecular weight is 320 g/mol. The molecular weight excluding hydrogens is 300 g/mol. The van der Waals surface area contributed by atoms with Crippen LogP contribution in [-0.2, 0) is 0 Å². The van der Waals surface area contributed by atoms with Crippen LogP contribution in [0.4, 0.5) is 5.69 Å². The van der Waals surface area contributed by atoms with Gasteiger partial charge in [-0.15, -0.1) is 0 Å². The van der Waals surface area contributed by atoms with Crippen LogP contribution in [0.15, 0.2) is 54.9 Å². The molecule has 0 atom stereocenters. The van der Waals surface area contributed by atoms with Gasteiger partial charge in [0.05, 0.1) is 23.4 Å². The topological polar surface area (TPSA) is 41.4 Å². The summed E-state index contributed by atoms with van der Waals surface area (Å²) in [5.74, 6) is 0.0966. The van der Waals surface area contributed by atoms with Gasteiger partial charge >= 0.3 is 0 Å². The minimum absolute atomic E-state index is 0.0966. The summed E-state index contributed by atoms with van der Waals surface area (Å²) >= 11 is 0. The summed E-state index contributed by atoms with van der Waals surface area (Å²) < 4.78 is 2.18. The second-order valence-corrected chi connectivity index (χ2v) is 6.45. The Labute approximate surface area is 141 Å². The number of hydrogen-bond acceptors (Lipinski definition) is 3. The Bertz CT molecular complexity index is 893. The number of benzene rings is 2. The van der Waals surface area contributed by atoms with E-state index in [1.807, 2.05) is 72.7 Å². The average Bonchev–Trinajstić information content (AvgIpc) is 2.97. The molecule has 1 aliphatic rings. The van der Waals surface area contributed by atoms with Crippen LogP contribution in [0.2, 0.25) is 0 Å². The zero-order valence-corrected chi connectivity index (χ0v) is 13.9. The Balaban J connectivity index is 1.49. The van der Waals surface area contributed by atoms with Gasteiger partial charge in [0.25, 0.3) is 5.91 Å². The highest BCUT2D eigenvalue weighted by molar-refractivity contribution is 5.95. The van der Waals surface area contributed by atoms with E-state index in [9.17, 15) is 4.79 Å². The molecule has 0 aliphatic carbocycles. The predicted molar refractivity (Wildman–Crippen MR) is 95.4 cm³/mol. The lowest BCUT2D eigenvalue weighted by Gasteiger charge is -2.40. The van der Waals surface area contributed by atoms with Gasteiger partial charge in [-0.05, 0) is 30.3 Å². The smallest absolute Gasteiger partial charge is 0.254 e. The van der Waals surface area contributed by atoms with E-state index in [0.717, 1.165) is 35.4 Å². The minimum atomic E-state index is 0.0966. The second kappa shape index (κ2) is 5.67. The molecule has 0 spiro atoms. The third-order valence-corrected chi connectivity index (χ3v) is 4.63. The van der Waals surface area contributed by atoms with Crippen LogP contribution in [0.5, 0.6) is 0 Å². The molecule has 3 aromatic rings. The summed E-state index contributed by atoms with van der Waals surface area (Å²) in [5, 5.41) is 0. The van der Waals surface area contributed by atoms with E-state index in [1.54, 1.807) is 0 Å². The van der Waals surface area contributed by atoms with Crippen LogP contribution < -0.4 is 4.90 Å². The zero-order chi connectivity index (χ0) is 16.7. The molecule has 1 aromatic heterocycles. The normalized spacial score (nSPS) is 14.7. The number of aromatic nitrogens is 2. The van der Waals surface area contributed by atoms with Crippen LogP contribution in [0.3, 0.4) is 0 Å². The number of anilines is 1.